The minimum Gasteiger partial charge on any atom is -0.395 e. The van der Waals surface area contributed by atoms with Gasteiger partial charge in [0.2, 0.25) is 0 Å². The zero-order valence-electron chi connectivity index (χ0n) is 16.8. The van der Waals surface area contributed by atoms with Crippen molar-refractivity contribution in [3.05, 3.63) is 0 Å². The summed E-state index contributed by atoms with van der Waals surface area (Å²) in [5, 5.41) is 0. The highest BCUT2D eigenvalue weighted by atomic mass is 28.4. The van der Waals surface area contributed by atoms with E-state index in [1.54, 1.807) is 0 Å². The minimum absolute atomic E-state index is 0.285. The van der Waals surface area contributed by atoms with Gasteiger partial charge in [0.25, 0.3) is 0 Å². The number of rotatable bonds is 8. The van der Waals surface area contributed by atoms with E-state index in [9.17, 15) is 0 Å². The molecule has 0 bridgehead atoms. The molecule has 6 heteroatoms. The summed E-state index contributed by atoms with van der Waals surface area (Å²) in [6.07, 6.45) is 0. The average Bonchev–Trinajstić information content (AvgIpc) is 2.44. The Kier molecular flexibility index (Phi) is 8.44. The predicted octanol–water partition coefficient (Wildman–Crippen LogP) is 2.94. The zero-order valence-corrected chi connectivity index (χ0v) is 19.0. The van der Waals surface area contributed by atoms with Crippen molar-refractivity contribution in [2.45, 2.75) is 71.5 Å². The van der Waals surface area contributed by atoms with Crippen molar-refractivity contribution >= 4 is 17.4 Å². The Morgan fingerprint density at radius 1 is 1.09 bits per heavy atom. The number of piperazine rings is 1. The molecular weight excluding hydrogens is 320 g/mol. The molecule has 1 unspecified atom stereocenters. The van der Waals surface area contributed by atoms with Gasteiger partial charge in [-0.15, -0.1) is 0 Å². The molecule has 1 saturated heterocycles. The van der Waals surface area contributed by atoms with E-state index in [1.165, 1.54) is 19.6 Å². The molecule has 1 aliphatic rings. The van der Waals surface area contributed by atoms with Crippen LogP contribution in [0, 0.1) is 0 Å². The summed E-state index contributed by atoms with van der Waals surface area (Å²) in [7, 11) is -2.71. The second-order valence-electron chi connectivity index (χ2n) is 8.21. The lowest BCUT2D eigenvalue weighted by molar-refractivity contribution is 0.0473. The van der Waals surface area contributed by atoms with Crippen molar-refractivity contribution in [2.75, 3.05) is 39.4 Å². The van der Waals surface area contributed by atoms with Gasteiger partial charge in [0.05, 0.1) is 8.80 Å². The van der Waals surface area contributed by atoms with E-state index in [-0.39, 0.29) is 5.54 Å². The van der Waals surface area contributed by atoms with Gasteiger partial charge in [-0.05, 0) is 41.2 Å². The van der Waals surface area contributed by atoms with Crippen molar-refractivity contribution in [3.63, 3.8) is 0 Å². The highest BCUT2D eigenvalue weighted by Crippen LogP contribution is 2.23. The van der Waals surface area contributed by atoms with Gasteiger partial charge in [0.15, 0.2) is 0 Å². The maximum absolute atomic E-state index is 6.02. The number of nitrogens with zero attached hydrogens (tertiary/aromatic N) is 2. The SMILES string of the molecule is CCO[Si](C)(CCN1CCN(C(C)(C)C)CC1[SiH](C)C)OCC. The van der Waals surface area contributed by atoms with Crippen molar-refractivity contribution in [1.29, 1.82) is 0 Å². The van der Waals surface area contributed by atoms with Crippen LogP contribution in [0.15, 0.2) is 0 Å². The van der Waals surface area contributed by atoms with E-state index in [0.717, 1.165) is 31.5 Å². The van der Waals surface area contributed by atoms with Gasteiger partial charge in [0, 0.05) is 56.6 Å². The highest BCUT2D eigenvalue weighted by Gasteiger charge is 2.37. The maximum Gasteiger partial charge on any atom is 0.336 e. The summed E-state index contributed by atoms with van der Waals surface area (Å²) in [6, 6.07) is 1.09. The first-order valence-electron chi connectivity index (χ1n) is 9.40. The van der Waals surface area contributed by atoms with Crippen LogP contribution >= 0.6 is 0 Å². The molecule has 1 atom stereocenters. The Morgan fingerprint density at radius 2 is 1.65 bits per heavy atom. The molecule has 0 spiro atoms. The van der Waals surface area contributed by atoms with Crippen LogP contribution in [-0.4, -0.2) is 77.8 Å². The lowest BCUT2D eigenvalue weighted by Gasteiger charge is -2.48. The molecule has 0 aliphatic carbocycles. The molecule has 1 fully saturated rings. The summed E-state index contributed by atoms with van der Waals surface area (Å²) in [6.45, 7) is 24.7. The third kappa shape index (κ3) is 6.59. The van der Waals surface area contributed by atoms with Gasteiger partial charge in [-0.3, -0.25) is 4.90 Å². The Hall–Kier alpha value is 0.274. The van der Waals surface area contributed by atoms with E-state index < -0.39 is 17.4 Å². The van der Waals surface area contributed by atoms with Gasteiger partial charge in [0.1, 0.15) is 0 Å². The Labute approximate surface area is 147 Å². The number of hydrogen-bond donors (Lipinski definition) is 0. The van der Waals surface area contributed by atoms with Gasteiger partial charge < -0.3 is 13.8 Å². The van der Waals surface area contributed by atoms with Crippen LogP contribution in [0.4, 0.5) is 0 Å². The fourth-order valence-corrected chi connectivity index (χ4v) is 7.61. The Balaban J connectivity index is 2.68. The molecule has 0 aromatic rings. The lowest BCUT2D eigenvalue weighted by Crippen LogP contribution is -2.62. The minimum atomic E-state index is -1.99. The second-order valence-corrected chi connectivity index (χ2v) is 14.8. The summed E-state index contributed by atoms with van der Waals surface area (Å²) in [5.74, 6) is 0. The summed E-state index contributed by atoms with van der Waals surface area (Å²) >= 11 is 0. The Bertz CT molecular complexity index is 342. The summed E-state index contributed by atoms with van der Waals surface area (Å²) < 4.78 is 12.0. The van der Waals surface area contributed by atoms with Gasteiger partial charge in [-0.1, -0.05) is 13.1 Å². The molecule has 1 aliphatic heterocycles. The molecule has 0 amide bonds. The molecule has 0 aromatic carbocycles. The standard InChI is InChI=1S/C17H40N2O2Si2/c1-9-20-23(8,21-10-2)14-13-18-11-12-19(17(3,4)5)15-16(18)22(6)7/h16,22H,9-15H2,1-8H3. The van der Waals surface area contributed by atoms with E-state index in [4.69, 9.17) is 8.85 Å². The van der Waals surface area contributed by atoms with Crippen LogP contribution in [-0.2, 0) is 8.85 Å². The fraction of sp³-hybridized carbons (Fsp3) is 1.00. The highest BCUT2D eigenvalue weighted by molar-refractivity contribution is 6.66. The van der Waals surface area contributed by atoms with Crippen LogP contribution in [0.25, 0.3) is 0 Å². The number of hydrogen-bond acceptors (Lipinski definition) is 4. The van der Waals surface area contributed by atoms with Crippen LogP contribution < -0.4 is 0 Å². The van der Waals surface area contributed by atoms with Crippen LogP contribution in [0.5, 0.6) is 0 Å². The molecule has 23 heavy (non-hydrogen) atoms. The third-order valence-electron chi connectivity index (χ3n) is 5.00. The molecule has 1 heterocycles. The Morgan fingerprint density at radius 3 is 2.09 bits per heavy atom. The molecule has 0 N–H and O–H groups in total. The molecule has 1 rings (SSSR count). The van der Waals surface area contributed by atoms with Gasteiger partial charge >= 0.3 is 8.56 Å². The lowest BCUT2D eigenvalue weighted by atomic mass is 10.0. The van der Waals surface area contributed by atoms with Crippen LogP contribution in [0.2, 0.25) is 25.7 Å². The second kappa shape index (κ2) is 9.10. The van der Waals surface area contributed by atoms with E-state index in [0.29, 0.717) is 0 Å². The molecule has 138 valence electrons. The monoisotopic (exact) mass is 360 g/mol. The van der Waals surface area contributed by atoms with Crippen LogP contribution in [0.3, 0.4) is 0 Å². The summed E-state index contributed by atoms with van der Waals surface area (Å²) in [5.41, 5.74) is 1.05. The quantitative estimate of drug-likeness (QED) is 0.621. The first-order chi connectivity index (χ1) is 10.6. The van der Waals surface area contributed by atoms with E-state index in [2.05, 4.69) is 64.1 Å². The predicted molar refractivity (Wildman–Crippen MR) is 105 cm³/mol. The topological polar surface area (TPSA) is 24.9 Å². The first kappa shape index (κ1) is 21.3. The van der Waals surface area contributed by atoms with Gasteiger partial charge in [-0.2, -0.15) is 0 Å². The maximum atomic E-state index is 6.02. The van der Waals surface area contributed by atoms with Crippen molar-refractivity contribution in [3.8, 4) is 0 Å². The smallest absolute Gasteiger partial charge is 0.336 e. The third-order valence-corrected chi connectivity index (χ3v) is 10.1. The largest absolute Gasteiger partial charge is 0.395 e. The van der Waals surface area contributed by atoms with Crippen LogP contribution in [0.1, 0.15) is 34.6 Å². The fourth-order valence-electron chi connectivity index (χ4n) is 3.51. The van der Waals surface area contributed by atoms with Crippen molar-refractivity contribution in [1.82, 2.24) is 9.80 Å². The normalized spacial score (nSPS) is 22.0. The molecule has 0 radical (unpaired) electrons. The zero-order chi connectivity index (χ0) is 17.7. The van der Waals surface area contributed by atoms with E-state index in [1.807, 2.05) is 0 Å². The molecule has 4 nitrogen and oxygen atoms in total. The van der Waals surface area contributed by atoms with E-state index >= 15 is 0 Å². The first-order valence-corrected chi connectivity index (χ1v) is 14.9. The summed E-state index contributed by atoms with van der Waals surface area (Å²) in [4.78, 5) is 5.41. The van der Waals surface area contributed by atoms with Crippen molar-refractivity contribution < 1.29 is 8.85 Å². The van der Waals surface area contributed by atoms with Crippen molar-refractivity contribution in [2.24, 2.45) is 0 Å². The molecule has 0 saturated carbocycles. The van der Waals surface area contributed by atoms with Gasteiger partial charge in [-0.25, -0.2) is 0 Å². The molecule has 0 aromatic heterocycles. The average molecular weight is 361 g/mol. The molecular formula is C17H40N2O2Si2.